The SMILES string of the molecule is Cc1c(NS(=O)(=O)c2ccc3c(c2)CCC3)cccc1-n1cnnn1. The second-order valence-electron chi connectivity index (χ2n) is 6.09. The van der Waals surface area contributed by atoms with Crippen molar-refractivity contribution in [1.82, 2.24) is 20.2 Å². The van der Waals surface area contributed by atoms with Gasteiger partial charge in [-0.2, -0.15) is 0 Å². The van der Waals surface area contributed by atoms with Crippen LogP contribution in [0, 0.1) is 6.92 Å². The molecule has 0 aliphatic heterocycles. The molecule has 0 bridgehead atoms. The van der Waals surface area contributed by atoms with Crippen molar-refractivity contribution in [2.24, 2.45) is 0 Å². The van der Waals surface area contributed by atoms with Gasteiger partial charge in [0.1, 0.15) is 6.33 Å². The summed E-state index contributed by atoms with van der Waals surface area (Å²) in [6.45, 7) is 1.83. The number of rotatable bonds is 4. The van der Waals surface area contributed by atoms with Crippen LogP contribution in [0.5, 0.6) is 0 Å². The number of nitrogens with zero attached hydrogens (tertiary/aromatic N) is 4. The zero-order chi connectivity index (χ0) is 17.4. The molecule has 0 unspecified atom stereocenters. The predicted octanol–water partition coefficient (Wildman–Crippen LogP) is 2.26. The fourth-order valence-corrected chi connectivity index (χ4v) is 4.35. The third-order valence-electron chi connectivity index (χ3n) is 4.53. The summed E-state index contributed by atoms with van der Waals surface area (Å²) in [5.74, 6) is 0. The maximum absolute atomic E-state index is 12.8. The van der Waals surface area contributed by atoms with Crippen LogP contribution in [0.3, 0.4) is 0 Å². The van der Waals surface area contributed by atoms with Crippen LogP contribution in [0.1, 0.15) is 23.1 Å². The number of hydrogen-bond donors (Lipinski definition) is 1. The molecule has 1 heterocycles. The number of aromatic nitrogens is 4. The van der Waals surface area contributed by atoms with E-state index in [1.165, 1.54) is 16.6 Å². The summed E-state index contributed by atoms with van der Waals surface area (Å²) in [4.78, 5) is 0.292. The van der Waals surface area contributed by atoms with E-state index < -0.39 is 10.0 Å². The molecule has 0 atom stereocenters. The quantitative estimate of drug-likeness (QED) is 0.775. The number of fused-ring (bicyclic) bond motifs is 1. The van der Waals surface area contributed by atoms with Gasteiger partial charge in [-0.15, -0.1) is 5.10 Å². The molecular formula is C17H17N5O2S. The first-order valence-corrected chi connectivity index (χ1v) is 9.50. The Labute approximate surface area is 145 Å². The highest BCUT2D eigenvalue weighted by molar-refractivity contribution is 7.92. The maximum atomic E-state index is 12.8. The Bertz CT molecular complexity index is 1030. The van der Waals surface area contributed by atoms with Crippen LogP contribution >= 0.6 is 0 Å². The van der Waals surface area contributed by atoms with Crippen LogP contribution in [-0.4, -0.2) is 28.6 Å². The summed E-state index contributed by atoms with van der Waals surface area (Å²) in [6.07, 6.45) is 4.52. The van der Waals surface area contributed by atoms with E-state index in [0.717, 1.165) is 36.1 Å². The number of tetrazole rings is 1. The minimum Gasteiger partial charge on any atom is -0.279 e. The molecule has 1 N–H and O–H groups in total. The van der Waals surface area contributed by atoms with Crippen LogP contribution in [0.15, 0.2) is 47.6 Å². The summed E-state index contributed by atoms with van der Waals surface area (Å²) in [6, 6.07) is 10.7. The average molecular weight is 355 g/mol. The zero-order valence-electron chi connectivity index (χ0n) is 13.7. The van der Waals surface area contributed by atoms with Crippen molar-refractivity contribution in [2.75, 3.05) is 4.72 Å². The summed E-state index contributed by atoms with van der Waals surface area (Å²) >= 11 is 0. The molecule has 2 aromatic carbocycles. The first kappa shape index (κ1) is 15.8. The van der Waals surface area contributed by atoms with Crippen LogP contribution in [0.4, 0.5) is 5.69 Å². The van der Waals surface area contributed by atoms with Crippen molar-refractivity contribution >= 4 is 15.7 Å². The Morgan fingerprint density at radius 2 is 1.96 bits per heavy atom. The Hall–Kier alpha value is -2.74. The van der Waals surface area contributed by atoms with E-state index in [4.69, 9.17) is 0 Å². The lowest BCUT2D eigenvalue weighted by atomic mass is 10.1. The van der Waals surface area contributed by atoms with Gasteiger partial charge >= 0.3 is 0 Å². The van der Waals surface area contributed by atoms with Crippen molar-refractivity contribution in [2.45, 2.75) is 31.1 Å². The number of aryl methyl sites for hydroxylation is 2. The first-order valence-electron chi connectivity index (χ1n) is 8.02. The molecule has 7 nitrogen and oxygen atoms in total. The Balaban J connectivity index is 1.69. The van der Waals surface area contributed by atoms with E-state index in [0.29, 0.717) is 10.6 Å². The molecule has 1 aromatic heterocycles. The Morgan fingerprint density at radius 3 is 2.76 bits per heavy atom. The molecule has 0 saturated heterocycles. The molecule has 0 fully saturated rings. The minimum atomic E-state index is -3.65. The van der Waals surface area contributed by atoms with E-state index in [9.17, 15) is 8.42 Å². The van der Waals surface area contributed by atoms with Gasteiger partial charge in [0.05, 0.1) is 16.3 Å². The van der Waals surface area contributed by atoms with Crippen LogP contribution in [-0.2, 0) is 22.9 Å². The highest BCUT2D eigenvalue weighted by Crippen LogP contribution is 2.27. The zero-order valence-corrected chi connectivity index (χ0v) is 14.5. The second-order valence-corrected chi connectivity index (χ2v) is 7.78. The molecular weight excluding hydrogens is 338 g/mol. The predicted molar refractivity (Wildman–Crippen MR) is 93.2 cm³/mol. The van der Waals surface area contributed by atoms with Crippen molar-refractivity contribution < 1.29 is 8.42 Å². The van der Waals surface area contributed by atoms with Gasteiger partial charge in [0, 0.05) is 0 Å². The highest BCUT2D eigenvalue weighted by Gasteiger charge is 2.20. The van der Waals surface area contributed by atoms with Crippen molar-refractivity contribution in [3.05, 3.63) is 59.4 Å². The van der Waals surface area contributed by atoms with E-state index in [1.54, 1.807) is 24.3 Å². The minimum absolute atomic E-state index is 0.292. The first-order chi connectivity index (χ1) is 12.0. The van der Waals surface area contributed by atoms with E-state index in [1.807, 2.05) is 19.1 Å². The Morgan fingerprint density at radius 1 is 1.12 bits per heavy atom. The lowest BCUT2D eigenvalue weighted by Gasteiger charge is -2.14. The normalized spacial score (nSPS) is 13.6. The van der Waals surface area contributed by atoms with Gasteiger partial charge in [0.25, 0.3) is 10.0 Å². The van der Waals surface area contributed by atoms with Crippen molar-refractivity contribution in [3.63, 3.8) is 0 Å². The highest BCUT2D eigenvalue weighted by atomic mass is 32.2. The molecule has 0 radical (unpaired) electrons. The fraction of sp³-hybridized carbons (Fsp3) is 0.235. The molecule has 25 heavy (non-hydrogen) atoms. The van der Waals surface area contributed by atoms with Crippen LogP contribution in [0.25, 0.3) is 5.69 Å². The van der Waals surface area contributed by atoms with Crippen molar-refractivity contribution in [3.8, 4) is 5.69 Å². The maximum Gasteiger partial charge on any atom is 0.261 e. The van der Waals surface area contributed by atoms with Gasteiger partial charge in [0.15, 0.2) is 0 Å². The fourth-order valence-electron chi connectivity index (χ4n) is 3.17. The largest absolute Gasteiger partial charge is 0.279 e. The van der Waals surface area contributed by atoms with E-state index in [-0.39, 0.29) is 0 Å². The van der Waals surface area contributed by atoms with Gasteiger partial charge in [-0.25, -0.2) is 13.1 Å². The molecule has 1 aliphatic rings. The lowest BCUT2D eigenvalue weighted by molar-refractivity contribution is 0.601. The number of benzene rings is 2. The third kappa shape index (κ3) is 2.89. The van der Waals surface area contributed by atoms with Gasteiger partial charge in [-0.3, -0.25) is 4.72 Å². The number of sulfonamides is 1. The molecule has 128 valence electrons. The molecule has 8 heteroatoms. The van der Waals surface area contributed by atoms with Gasteiger partial charge in [-0.05, 0) is 77.6 Å². The molecule has 0 saturated carbocycles. The van der Waals surface area contributed by atoms with Gasteiger partial charge in [0.2, 0.25) is 0 Å². The molecule has 1 aliphatic carbocycles. The molecule has 3 aromatic rings. The van der Waals surface area contributed by atoms with Crippen LogP contribution < -0.4 is 4.72 Å². The number of hydrogen-bond acceptors (Lipinski definition) is 5. The summed E-state index contributed by atoms with van der Waals surface area (Å²) in [7, 11) is -3.65. The summed E-state index contributed by atoms with van der Waals surface area (Å²) in [5.41, 5.74) is 4.35. The Kier molecular flexibility index (Phi) is 3.76. The number of anilines is 1. The smallest absolute Gasteiger partial charge is 0.261 e. The number of nitrogens with one attached hydrogen (secondary N) is 1. The lowest BCUT2D eigenvalue weighted by Crippen LogP contribution is -2.15. The van der Waals surface area contributed by atoms with Gasteiger partial charge in [-0.1, -0.05) is 12.1 Å². The average Bonchev–Trinajstić information content (AvgIpc) is 3.27. The topological polar surface area (TPSA) is 89.8 Å². The van der Waals surface area contributed by atoms with Crippen LogP contribution in [0.2, 0.25) is 0 Å². The second kappa shape index (κ2) is 5.96. The molecule has 0 spiro atoms. The monoisotopic (exact) mass is 355 g/mol. The van der Waals surface area contributed by atoms with Crippen molar-refractivity contribution in [1.29, 1.82) is 0 Å². The van der Waals surface area contributed by atoms with Gasteiger partial charge < -0.3 is 0 Å². The van der Waals surface area contributed by atoms with E-state index in [2.05, 4.69) is 20.2 Å². The summed E-state index contributed by atoms with van der Waals surface area (Å²) in [5, 5.41) is 11.1. The summed E-state index contributed by atoms with van der Waals surface area (Å²) < 4.78 is 29.8. The molecule has 0 amide bonds. The van der Waals surface area contributed by atoms with E-state index >= 15 is 0 Å². The molecule has 4 rings (SSSR count). The third-order valence-corrected chi connectivity index (χ3v) is 5.89. The standard InChI is InChI=1S/C17H17N5O2S/c1-12-16(6-3-7-17(12)22-11-18-20-21-22)19-25(23,24)15-9-8-13-4-2-5-14(13)10-15/h3,6-11,19H,2,4-5H2,1H3.